The van der Waals surface area contributed by atoms with Crippen molar-refractivity contribution in [1.82, 2.24) is 4.98 Å². The first-order valence-electron chi connectivity index (χ1n) is 7.68. The van der Waals surface area contributed by atoms with Crippen LogP contribution in [0.2, 0.25) is 5.02 Å². The zero-order chi connectivity index (χ0) is 15.9. The highest BCUT2D eigenvalue weighted by Crippen LogP contribution is 2.23. The van der Waals surface area contributed by atoms with E-state index in [1.807, 2.05) is 54.6 Å². The Bertz CT molecular complexity index is 753. The molecule has 0 unspecified atom stereocenters. The molecule has 0 aliphatic heterocycles. The van der Waals surface area contributed by atoms with Crippen molar-refractivity contribution >= 4 is 22.5 Å². The molecule has 0 saturated heterocycles. The Hall–Kier alpha value is -2.26. The van der Waals surface area contributed by atoms with Gasteiger partial charge in [-0.2, -0.15) is 0 Å². The number of unbranched alkanes of at least 4 members (excludes halogenated alkanes) is 1. The number of nitrogens with zero attached hydrogens (tertiary/aromatic N) is 1. The van der Waals surface area contributed by atoms with Gasteiger partial charge in [0.2, 0.25) is 0 Å². The van der Waals surface area contributed by atoms with Gasteiger partial charge in [0.25, 0.3) is 0 Å². The number of fused-ring (bicyclic) bond motifs is 1. The molecule has 0 bridgehead atoms. The normalized spacial score (nSPS) is 10.7. The Balaban J connectivity index is 1.42. The van der Waals surface area contributed by atoms with E-state index in [9.17, 15) is 0 Å². The lowest BCUT2D eigenvalue weighted by Gasteiger charge is -2.09. The molecular weight excluding hydrogens is 310 g/mol. The first kappa shape index (κ1) is 15.6. The van der Waals surface area contributed by atoms with Crippen LogP contribution in [0.25, 0.3) is 10.9 Å². The van der Waals surface area contributed by atoms with Gasteiger partial charge >= 0.3 is 0 Å². The topological polar surface area (TPSA) is 31.4 Å². The number of pyridine rings is 1. The van der Waals surface area contributed by atoms with Crippen molar-refractivity contribution in [3.8, 4) is 11.5 Å². The van der Waals surface area contributed by atoms with Crippen LogP contribution in [0.5, 0.6) is 11.5 Å². The highest BCUT2D eigenvalue weighted by Gasteiger charge is 2.02. The van der Waals surface area contributed by atoms with Gasteiger partial charge < -0.3 is 9.47 Å². The maximum Gasteiger partial charge on any atom is 0.145 e. The zero-order valence-corrected chi connectivity index (χ0v) is 13.5. The summed E-state index contributed by atoms with van der Waals surface area (Å²) in [6.07, 6.45) is 3.65. The smallest absolute Gasteiger partial charge is 0.145 e. The summed E-state index contributed by atoms with van der Waals surface area (Å²) in [6.45, 7) is 1.32. The molecule has 1 aromatic heterocycles. The summed E-state index contributed by atoms with van der Waals surface area (Å²) in [5.74, 6) is 1.68. The minimum atomic E-state index is 0.652. The van der Waals surface area contributed by atoms with E-state index in [2.05, 4.69) is 4.98 Å². The van der Waals surface area contributed by atoms with Crippen molar-refractivity contribution in [2.45, 2.75) is 12.8 Å². The number of aromatic nitrogens is 1. The second kappa shape index (κ2) is 7.84. The third-order valence-electron chi connectivity index (χ3n) is 3.47. The van der Waals surface area contributed by atoms with Gasteiger partial charge in [0, 0.05) is 16.6 Å². The van der Waals surface area contributed by atoms with E-state index in [4.69, 9.17) is 21.1 Å². The van der Waals surface area contributed by atoms with E-state index in [0.717, 1.165) is 40.3 Å². The molecule has 23 heavy (non-hydrogen) atoms. The summed E-state index contributed by atoms with van der Waals surface area (Å²) in [5.41, 5.74) is 0.910. The highest BCUT2D eigenvalue weighted by molar-refractivity contribution is 6.30. The van der Waals surface area contributed by atoms with Gasteiger partial charge in [0.05, 0.1) is 13.2 Å². The molecule has 0 radical (unpaired) electrons. The Kier molecular flexibility index (Phi) is 5.33. The number of ether oxygens (including phenoxy) is 2. The van der Waals surface area contributed by atoms with Crippen molar-refractivity contribution in [2.75, 3.05) is 13.2 Å². The number of para-hydroxylation sites is 1. The molecule has 0 atom stereocenters. The molecule has 0 amide bonds. The Morgan fingerprint density at radius 3 is 2.39 bits per heavy atom. The molecule has 4 heteroatoms. The van der Waals surface area contributed by atoms with Crippen LogP contribution in [0.4, 0.5) is 0 Å². The third-order valence-corrected chi connectivity index (χ3v) is 3.73. The molecule has 2 aromatic carbocycles. The van der Waals surface area contributed by atoms with Gasteiger partial charge in [0.15, 0.2) is 0 Å². The molecule has 3 aromatic rings. The Morgan fingerprint density at radius 1 is 0.826 bits per heavy atom. The number of benzene rings is 2. The van der Waals surface area contributed by atoms with E-state index in [-0.39, 0.29) is 0 Å². The minimum absolute atomic E-state index is 0.652. The van der Waals surface area contributed by atoms with Crippen LogP contribution in [0.15, 0.2) is 60.8 Å². The van der Waals surface area contributed by atoms with Crippen molar-refractivity contribution in [3.05, 3.63) is 65.8 Å². The molecule has 3 rings (SSSR count). The van der Waals surface area contributed by atoms with Crippen LogP contribution in [0, 0.1) is 0 Å². The average molecular weight is 328 g/mol. The fourth-order valence-electron chi connectivity index (χ4n) is 2.30. The summed E-state index contributed by atoms with van der Waals surface area (Å²) >= 11 is 5.84. The molecule has 0 aliphatic rings. The monoisotopic (exact) mass is 327 g/mol. The summed E-state index contributed by atoms with van der Waals surface area (Å²) in [6, 6.07) is 17.4. The molecule has 3 nitrogen and oxygen atoms in total. The van der Waals surface area contributed by atoms with Crippen LogP contribution < -0.4 is 9.47 Å². The van der Waals surface area contributed by atoms with Crippen LogP contribution in [0.1, 0.15) is 12.8 Å². The molecule has 0 spiro atoms. The minimum Gasteiger partial charge on any atom is -0.494 e. The van der Waals surface area contributed by atoms with E-state index < -0.39 is 0 Å². The van der Waals surface area contributed by atoms with E-state index in [0.29, 0.717) is 13.2 Å². The summed E-state index contributed by atoms with van der Waals surface area (Å²) in [4.78, 5) is 4.38. The van der Waals surface area contributed by atoms with Crippen LogP contribution in [-0.2, 0) is 0 Å². The predicted molar refractivity (Wildman–Crippen MR) is 93.4 cm³/mol. The van der Waals surface area contributed by atoms with Gasteiger partial charge in [-0.3, -0.25) is 4.98 Å². The first-order chi connectivity index (χ1) is 11.3. The lowest BCUT2D eigenvalue weighted by atomic mass is 10.2. The fraction of sp³-hybridized carbons (Fsp3) is 0.211. The number of hydrogen-bond donors (Lipinski definition) is 0. The fourth-order valence-corrected chi connectivity index (χ4v) is 2.43. The van der Waals surface area contributed by atoms with Crippen LogP contribution in [0.3, 0.4) is 0 Å². The maximum atomic E-state index is 5.85. The van der Waals surface area contributed by atoms with Gasteiger partial charge in [-0.15, -0.1) is 0 Å². The van der Waals surface area contributed by atoms with Gasteiger partial charge in [-0.1, -0.05) is 29.8 Å². The summed E-state index contributed by atoms with van der Waals surface area (Å²) in [7, 11) is 0. The van der Waals surface area contributed by atoms with Crippen molar-refractivity contribution in [3.63, 3.8) is 0 Å². The molecule has 0 fully saturated rings. The van der Waals surface area contributed by atoms with E-state index in [1.165, 1.54) is 0 Å². The number of rotatable bonds is 7. The van der Waals surface area contributed by atoms with Gasteiger partial charge in [-0.25, -0.2) is 0 Å². The average Bonchev–Trinajstić information content (AvgIpc) is 2.59. The molecular formula is C19H18ClNO2. The Morgan fingerprint density at radius 2 is 1.57 bits per heavy atom. The van der Waals surface area contributed by atoms with Crippen molar-refractivity contribution < 1.29 is 9.47 Å². The number of hydrogen-bond acceptors (Lipinski definition) is 3. The summed E-state index contributed by atoms with van der Waals surface area (Å²) in [5, 5.41) is 1.81. The lowest BCUT2D eigenvalue weighted by Crippen LogP contribution is -2.03. The summed E-state index contributed by atoms with van der Waals surface area (Å²) < 4.78 is 11.5. The maximum absolute atomic E-state index is 5.85. The zero-order valence-electron chi connectivity index (χ0n) is 12.7. The largest absolute Gasteiger partial charge is 0.494 e. The molecule has 0 aliphatic carbocycles. The predicted octanol–water partition coefficient (Wildman–Crippen LogP) is 5.13. The van der Waals surface area contributed by atoms with E-state index >= 15 is 0 Å². The van der Waals surface area contributed by atoms with E-state index in [1.54, 1.807) is 6.20 Å². The lowest BCUT2D eigenvalue weighted by molar-refractivity contribution is 0.268. The van der Waals surface area contributed by atoms with Crippen molar-refractivity contribution in [1.29, 1.82) is 0 Å². The van der Waals surface area contributed by atoms with Crippen LogP contribution >= 0.6 is 11.6 Å². The van der Waals surface area contributed by atoms with Crippen LogP contribution in [-0.4, -0.2) is 18.2 Å². The molecule has 0 N–H and O–H groups in total. The van der Waals surface area contributed by atoms with Crippen molar-refractivity contribution in [2.24, 2.45) is 0 Å². The Labute approximate surface area is 140 Å². The van der Waals surface area contributed by atoms with Gasteiger partial charge in [0.1, 0.15) is 17.0 Å². The first-order valence-corrected chi connectivity index (χ1v) is 8.06. The second-order valence-corrected chi connectivity index (χ2v) is 5.63. The number of halogens is 1. The molecule has 118 valence electrons. The second-order valence-electron chi connectivity index (χ2n) is 5.19. The third kappa shape index (κ3) is 4.36. The quantitative estimate of drug-likeness (QED) is 0.564. The highest BCUT2D eigenvalue weighted by atomic mass is 35.5. The van der Waals surface area contributed by atoms with Gasteiger partial charge in [-0.05, 0) is 49.2 Å². The molecule has 1 heterocycles. The standard InChI is InChI=1S/C19H18ClNO2/c20-16-8-10-17(11-9-16)22-13-1-2-14-23-18-7-3-5-15-6-4-12-21-19(15)18/h3-12H,1-2,13-14H2. The molecule has 0 saturated carbocycles. The SMILES string of the molecule is Clc1ccc(OCCCCOc2cccc3cccnc23)cc1.